The summed E-state index contributed by atoms with van der Waals surface area (Å²) in [7, 11) is 0. The monoisotopic (exact) mass is 715 g/mol. The molecule has 3 aromatic heterocycles. The van der Waals surface area contributed by atoms with Gasteiger partial charge in [-0.15, -0.1) is 0 Å². The highest BCUT2D eigenvalue weighted by molar-refractivity contribution is 6.16. The molecule has 0 aliphatic carbocycles. The van der Waals surface area contributed by atoms with E-state index in [1.807, 2.05) is 36.4 Å². The van der Waals surface area contributed by atoms with Crippen LogP contribution < -0.4 is 0 Å². The molecule has 0 saturated heterocycles. The molecule has 0 aliphatic heterocycles. The van der Waals surface area contributed by atoms with E-state index in [1.54, 1.807) is 0 Å². The lowest BCUT2D eigenvalue weighted by atomic mass is 9.95. The number of para-hydroxylation sites is 2. The summed E-state index contributed by atoms with van der Waals surface area (Å²) in [5, 5.41) is 4.40. The number of fused-ring (bicyclic) bond motifs is 6. The van der Waals surface area contributed by atoms with Gasteiger partial charge in [-0.25, -0.2) is 4.98 Å². The lowest BCUT2D eigenvalue weighted by Gasteiger charge is -2.12. The average molecular weight is 716 g/mol. The van der Waals surface area contributed by atoms with Gasteiger partial charge >= 0.3 is 0 Å². The lowest BCUT2D eigenvalue weighted by molar-refractivity contribution is 0.653. The number of rotatable bonds is 6. The Kier molecular flexibility index (Phi) is 7.46. The first-order chi connectivity index (χ1) is 27.8. The molecule has 4 heteroatoms. The predicted molar refractivity (Wildman–Crippen MR) is 231 cm³/mol. The largest absolute Gasteiger partial charge is 0.438 e. The molecule has 0 radical (unpaired) electrons. The zero-order valence-corrected chi connectivity index (χ0v) is 30.3. The molecule has 0 unspecified atom stereocenters. The molecule has 0 spiro atoms. The van der Waals surface area contributed by atoms with Crippen LogP contribution in [0.5, 0.6) is 0 Å². The highest BCUT2D eigenvalue weighted by Gasteiger charge is 2.19. The van der Waals surface area contributed by atoms with Crippen LogP contribution in [0.3, 0.4) is 0 Å². The number of hydrogen-bond acceptors (Lipinski definition) is 3. The fourth-order valence-electron chi connectivity index (χ4n) is 8.25. The van der Waals surface area contributed by atoms with Gasteiger partial charge in [-0.05, 0) is 75.8 Å². The highest BCUT2D eigenvalue weighted by Crippen LogP contribution is 2.41. The van der Waals surface area contributed by atoms with E-state index in [1.165, 1.54) is 38.5 Å². The predicted octanol–water partition coefficient (Wildman–Crippen LogP) is 13.8. The van der Waals surface area contributed by atoms with E-state index in [-0.39, 0.29) is 0 Å². The van der Waals surface area contributed by atoms with Gasteiger partial charge in [-0.1, -0.05) is 158 Å². The molecule has 0 bridgehead atoms. The highest BCUT2D eigenvalue weighted by atomic mass is 16.3. The summed E-state index contributed by atoms with van der Waals surface area (Å²) in [6.45, 7) is 0. The Morgan fingerprint density at radius 3 is 1.75 bits per heavy atom. The summed E-state index contributed by atoms with van der Waals surface area (Å²) < 4.78 is 8.72. The van der Waals surface area contributed by atoms with E-state index < -0.39 is 0 Å². The van der Waals surface area contributed by atoms with Crippen molar-refractivity contribution in [1.29, 1.82) is 0 Å². The van der Waals surface area contributed by atoms with Gasteiger partial charge in [0.25, 0.3) is 0 Å². The van der Waals surface area contributed by atoms with Gasteiger partial charge < -0.3 is 8.98 Å². The van der Waals surface area contributed by atoms with Gasteiger partial charge in [0, 0.05) is 33.0 Å². The summed E-state index contributed by atoms with van der Waals surface area (Å²) in [5.41, 5.74) is 14.7. The maximum atomic E-state index is 6.33. The number of furan rings is 1. The van der Waals surface area contributed by atoms with Crippen molar-refractivity contribution < 1.29 is 4.42 Å². The van der Waals surface area contributed by atoms with Gasteiger partial charge in [0.1, 0.15) is 5.58 Å². The summed E-state index contributed by atoms with van der Waals surface area (Å²) in [6.07, 6.45) is 0. The van der Waals surface area contributed by atoms with E-state index in [2.05, 4.69) is 168 Å². The molecule has 262 valence electrons. The van der Waals surface area contributed by atoms with Crippen LogP contribution >= 0.6 is 0 Å². The van der Waals surface area contributed by atoms with Crippen molar-refractivity contribution in [3.8, 4) is 61.7 Å². The Hall–Kier alpha value is -7.56. The molecule has 0 atom stereocenters. The molecule has 4 nitrogen and oxygen atoms in total. The summed E-state index contributed by atoms with van der Waals surface area (Å²) in [5.74, 6) is 0.627. The number of nitrogens with zero attached hydrogens (tertiary/aromatic N) is 3. The Bertz CT molecular complexity index is 3250. The summed E-state index contributed by atoms with van der Waals surface area (Å²) in [4.78, 5) is 10.2. The van der Waals surface area contributed by atoms with Crippen LogP contribution in [-0.4, -0.2) is 14.5 Å². The Morgan fingerprint density at radius 2 is 0.946 bits per heavy atom. The standard InChI is InChI=1S/C52H33N3O/c1-3-15-34(16-4-1)38-21-13-24-41(33-38)55-45-28-9-7-25-43(45)48-42(27-14-29-46(48)55)39-22-11-19-36(31-39)37-20-12-23-40(32-37)51-53-50(35-17-5-2-6-18-35)49-44-26-8-10-30-47(44)56-52(49)54-51/h1-33H. The van der Waals surface area contributed by atoms with Crippen LogP contribution in [0.2, 0.25) is 0 Å². The van der Waals surface area contributed by atoms with Gasteiger partial charge in [-0.3, -0.25) is 0 Å². The third-order valence-corrected chi connectivity index (χ3v) is 10.8. The van der Waals surface area contributed by atoms with E-state index >= 15 is 0 Å². The van der Waals surface area contributed by atoms with Crippen LogP contribution in [0.1, 0.15) is 0 Å². The van der Waals surface area contributed by atoms with Crippen molar-refractivity contribution in [3.05, 3.63) is 200 Å². The van der Waals surface area contributed by atoms with Crippen LogP contribution in [0.4, 0.5) is 0 Å². The molecule has 0 aliphatic rings. The van der Waals surface area contributed by atoms with Crippen LogP contribution in [-0.2, 0) is 0 Å². The van der Waals surface area contributed by atoms with E-state index in [0.717, 1.165) is 55.6 Å². The third kappa shape index (κ3) is 5.31. The first-order valence-electron chi connectivity index (χ1n) is 18.9. The van der Waals surface area contributed by atoms with Crippen molar-refractivity contribution >= 4 is 43.9 Å². The minimum Gasteiger partial charge on any atom is -0.438 e. The molecule has 0 fully saturated rings. The first-order valence-corrected chi connectivity index (χ1v) is 18.9. The van der Waals surface area contributed by atoms with E-state index in [4.69, 9.17) is 14.4 Å². The van der Waals surface area contributed by atoms with E-state index in [0.29, 0.717) is 11.5 Å². The second kappa shape index (κ2) is 13.1. The maximum absolute atomic E-state index is 6.33. The second-order valence-electron chi connectivity index (χ2n) is 14.2. The zero-order chi connectivity index (χ0) is 37.0. The molecule has 3 heterocycles. The molecule has 0 saturated carbocycles. The Labute approximate surface area is 323 Å². The van der Waals surface area contributed by atoms with Crippen molar-refractivity contribution in [2.45, 2.75) is 0 Å². The van der Waals surface area contributed by atoms with E-state index in [9.17, 15) is 0 Å². The van der Waals surface area contributed by atoms with Crippen LogP contribution in [0, 0.1) is 0 Å². The lowest BCUT2D eigenvalue weighted by Crippen LogP contribution is -1.94. The van der Waals surface area contributed by atoms with Gasteiger partial charge in [0.05, 0.1) is 22.1 Å². The molecule has 8 aromatic carbocycles. The summed E-state index contributed by atoms with van der Waals surface area (Å²) >= 11 is 0. The van der Waals surface area contributed by atoms with Crippen LogP contribution in [0.15, 0.2) is 205 Å². The fraction of sp³-hybridized carbons (Fsp3) is 0. The minimum absolute atomic E-state index is 0.585. The molecule has 11 aromatic rings. The number of aromatic nitrogens is 3. The SMILES string of the molecule is c1ccc(-c2cccc(-n3c4ccccc4c4c(-c5cccc(-c6cccc(-c7nc(-c8ccccc8)c8c(n7)oc7ccccc78)c6)c5)cccc43)c2)cc1. The quantitative estimate of drug-likeness (QED) is 0.172. The minimum atomic E-state index is 0.585. The number of hydrogen-bond donors (Lipinski definition) is 0. The van der Waals surface area contributed by atoms with Crippen LogP contribution in [0.25, 0.3) is 106 Å². The molecular formula is C52H33N3O. The van der Waals surface area contributed by atoms with Gasteiger partial charge in [0.2, 0.25) is 5.71 Å². The molecule has 0 amide bonds. The van der Waals surface area contributed by atoms with Gasteiger partial charge in [-0.2, -0.15) is 4.98 Å². The second-order valence-corrected chi connectivity index (χ2v) is 14.2. The topological polar surface area (TPSA) is 43.9 Å². The first kappa shape index (κ1) is 31.9. The Balaban J connectivity index is 1.03. The van der Waals surface area contributed by atoms with Gasteiger partial charge in [0.15, 0.2) is 5.82 Å². The summed E-state index contributed by atoms with van der Waals surface area (Å²) in [6, 6.07) is 70.6. The smallest absolute Gasteiger partial charge is 0.231 e. The van der Waals surface area contributed by atoms with Crippen molar-refractivity contribution in [2.24, 2.45) is 0 Å². The third-order valence-electron chi connectivity index (χ3n) is 10.8. The van der Waals surface area contributed by atoms with Crippen molar-refractivity contribution in [2.75, 3.05) is 0 Å². The molecule has 0 N–H and O–H groups in total. The van der Waals surface area contributed by atoms with Crippen molar-refractivity contribution in [1.82, 2.24) is 14.5 Å². The molecular weight excluding hydrogens is 683 g/mol. The maximum Gasteiger partial charge on any atom is 0.231 e. The van der Waals surface area contributed by atoms with Crippen molar-refractivity contribution in [3.63, 3.8) is 0 Å². The average Bonchev–Trinajstić information content (AvgIpc) is 3.83. The molecule has 11 rings (SSSR count). The normalized spacial score (nSPS) is 11.6. The Morgan fingerprint density at radius 1 is 0.375 bits per heavy atom. The molecule has 56 heavy (non-hydrogen) atoms. The fourth-order valence-corrected chi connectivity index (χ4v) is 8.25. The zero-order valence-electron chi connectivity index (χ0n) is 30.3. The number of benzene rings is 8.